The zero-order valence-corrected chi connectivity index (χ0v) is 13.0. The molecule has 0 atom stereocenters. The summed E-state index contributed by atoms with van der Waals surface area (Å²) in [7, 11) is -7.36. The molecule has 0 bridgehead atoms. The van der Waals surface area contributed by atoms with Crippen LogP contribution in [-0.2, 0) is 26.8 Å². The Hall–Kier alpha value is -1.04. The highest BCUT2D eigenvalue weighted by molar-refractivity contribution is 7.89. The Morgan fingerprint density at radius 1 is 1.19 bits per heavy atom. The molecule has 1 fully saturated rings. The standard InChI is InChI=1S/C11H18N4O4S2/c12-20(16,17)11-3-1-2-10(8-11)9-14-21(18,19)15-6-4-13-5-7-15/h1-3,8,13-14H,4-7,9H2,(H2,12,16,17). The Morgan fingerprint density at radius 3 is 2.48 bits per heavy atom. The fourth-order valence-electron chi connectivity index (χ4n) is 1.98. The second-order valence-electron chi connectivity index (χ2n) is 4.67. The Labute approximate surface area is 124 Å². The third-order valence-corrected chi connectivity index (χ3v) is 5.57. The summed E-state index contributed by atoms with van der Waals surface area (Å²) in [5.41, 5.74) is 0.528. The van der Waals surface area contributed by atoms with Gasteiger partial charge in [0.05, 0.1) is 4.90 Å². The zero-order chi connectivity index (χ0) is 15.5. The molecule has 1 saturated heterocycles. The molecule has 0 unspecified atom stereocenters. The number of primary sulfonamides is 1. The van der Waals surface area contributed by atoms with Crippen LogP contribution in [0, 0.1) is 0 Å². The minimum Gasteiger partial charge on any atom is -0.314 e. The summed E-state index contributed by atoms with van der Waals surface area (Å²) in [6.07, 6.45) is 0. The number of hydrogen-bond acceptors (Lipinski definition) is 5. The van der Waals surface area contributed by atoms with Crippen LogP contribution in [0.5, 0.6) is 0 Å². The molecule has 1 aliphatic heterocycles. The van der Waals surface area contributed by atoms with Gasteiger partial charge in [-0.1, -0.05) is 12.1 Å². The number of nitrogens with zero attached hydrogens (tertiary/aromatic N) is 1. The normalized spacial score (nSPS) is 17.8. The van der Waals surface area contributed by atoms with Gasteiger partial charge in [0.25, 0.3) is 10.2 Å². The van der Waals surface area contributed by atoms with Gasteiger partial charge in [-0.3, -0.25) is 0 Å². The lowest BCUT2D eigenvalue weighted by molar-refractivity contribution is 0.354. The predicted molar refractivity (Wildman–Crippen MR) is 78.0 cm³/mol. The second kappa shape index (κ2) is 6.38. The van der Waals surface area contributed by atoms with E-state index < -0.39 is 20.2 Å². The van der Waals surface area contributed by atoms with Crippen molar-refractivity contribution in [2.24, 2.45) is 5.14 Å². The van der Waals surface area contributed by atoms with Gasteiger partial charge in [-0.15, -0.1) is 0 Å². The highest BCUT2D eigenvalue weighted by Crippen LogP contribution is 2.10. The van der Waals surface area contributed by atoms with Gasteiger partial charge >= 0.3 is 0 Å². The topological polar surface area (TPSA) is 122 Å². The number of sulfonamides is 1. The minimum absolute atomic E-state index is 0.00955. The van der Waals surface area contributed by atoms with Crippen LogP contribution in [-0.4, -0.2) is 47.3 Å². The molecule has 0 aromatic heterocycles. The van der Waals surface area contributed by atoms with E-state index in [0.29, 0.717) is 31.7 Å². The van der Waals surface area contributed by atoms with Crippen LogP contribution in [0.1, 0.15) is 5.56 Å². The molecule has 1 aromatic carbocycles. The van der Waals surface area contributed by atoms with Gasteiger partial charge in [-0.2, -0.15) is 17.4 Å². The van der Waals surface area contributed by atoms with E-state index in [1.807, 2.05) is 0 Å². The summed E-state index contributed by atoms with van der Waals surface area (Å²) in [6.45, 7) is 2.05. The fraction of sp³-hybridized carbons (Fsp3) is 0.455. The molecule has 0 radical (unpaired) electrons. The van der Waals surface area contributed by atoms with Crippen LogP contribution in [0.2, 0.25) is 0 Å². The van der Waals surface area contributed by atoms with E-state index >= 15 is 0 Å². The van der Waals surface area contributed by atoms with E-state index in [9.17, 15) is 16.8 Å². The minimum atomic E-state index is -3.80. The van der Waals surface area contributed by atoms with Gasteiger partial charge in [-0.05, 0) is 17.7 Å². The van der Waals surface area contributed by atoms with E-state index in [-0.39, 0.29) is 11.4 Å². The number of hydrogen-bond donors (Lipinski definition) is 3. The first-order valence-electron chi connectivity index (χ1n) is 6.36. The van der Waals surface area contributed by atoms with Crippen molar-refractivity contribution in [2.45, 2.75) is 11.4 Å². The largest absolute Gasteiger partial charge is 0.314 e. The zero-order valence-electron chi connectivity index (χ0n) is 11.3. The third kappa shape index (κ3) is 4.46. The van der Waals surface area contributed by atoms with Crippen molar-refractivity contribution >= 4 is 20.2 Å². The molecule has 4 N–H and O–H groups in total. The lowest BCUT2D eigenvalue weighted by atomic mass is 10.2. The van der Waals surface area contributed by atoms with E-state index in [4.69, 9.17) is 5.14 Å². The van der Waals surface area contributed by atoms with Gasteiger partial charge in [0, 0.05) is 32.7 Å². The molecule has 118 valence electrons. The summed E-state index contributed by atoms with van der Waals surface area (Å²) < 4.78 is 50.5. The van der Waals surface area contributed by atoms with Crippen LogP contribution in [0.25, 0.3) is 0 Å². The molecule has 0 amide bonds. The van der Waals surface area contributed by atoms with E-state index in [2.05, 4.69) is 10.0 Å². The third-order valence-electron chi connectivity index (χ3n) is 3.10. The number of nitrogens with one attached hydrogen (secondary N) is 2. The molecule has 0 spiro atoms. The molecule has 0 aliphatic carbocycles. The SMILES string of the molecule is NS(=O)(=O)c1cccc(CNS(=O)(=O)N2CCNCC2)c1. The Kier molecular flexibility index (Phi) is 4.96. The first-order valence-corrected chi connectivity index (χ1v) is 9.35. The summed E-state index contributed by atoms with van der Waals surface area (Å²) in [5, 5.41) is 8.11. The lowest BCUT2D eigenvalue weighted by Crippen LogP contribution is -2.50. The van der Waals surface area contributed by atoms with E-state index in [1.54, 1.807) is 6.07 Å². The highest BCUT2D eigenvalue weighted by Gasteiger charge is 2.23. The van der Waals surface area contributed by atoms with Crippen LogP contribution in [0.4, 0.5) is 0 Å². The van der Waals surface area contributed by atoms with Gasteiger partial charge in [0.2, 0.25) is 10.0 Å². The smallest absolute Gasteiger partial charge is 0.279 e. The van der Waals surface area contributed by atoms with E-state index in [0.717, 1.165) is 0 Å². The van der Waals surface area contributed by atoms with Crippen LogP contribution >= 0.6 is 0 Å². The maximum Gasteiger partial charge on any atom is 0.279 e. The number of piperazine rings is 1. The first kappa shape index (κ1) is 16.3. The Morgan fingerprint density at radius 2 is 1.86 bits per heavy atom. The fourth-order valence-corrected chi connectivity index (χ4v) is 3.76. The lowest BCUT2D eigenvalue weighted by Gasteiger charge is -2.26. The molecule has 1 heterocycles. The van der Waals surface area contributed by atoms with Crippen molar-refractivity contribution in [2.75, 3.05) is 26.2 Å². The van der Waals surface area contributed by atoms with Crippen LogP contribution < -0.4 is 15.2 Å². The predicted octanol–water partition coefficient (Wildman–Crippen LogP) is -1.43. The first-order chi connectivity index (χ1) is 9.79. The van der Waals surface area contributed by atoms with Gasteiger partial charge in [0.1, 0.15) is 0 Å². The Balaban J connectivity index is 2.05. The van der Waals surface area contributed by atoms with Crippen LogP contribution in [0.3, 0.4) is 0 Å². The maximum absolute atomic E-state index is 12.1. The quantitative estimate of drug-likeness (QED) is 0.610. The van der Waals surface area contributed by atoms with Gasteiger partial charge in [0.15, 0.2) is 0 Å². The average Bonchev–Trinajstić information content (AvgIpc) is 2.46. The van der Waals surface area contributed by atoms with Crippen molar-refractivity contribution in [1.29, 1.82) is 0 Å². The number of rotatable bonds is 5. The van der Waals surface area contributed by atoms with Crippen molar-refractivity contribution in [3.8, 4) is 0 Å². The monoisotopic (exact) mass is 334 g/mol. The van der Waals surface area contributed by atoms with Gasteiger partial charge in [-0.25, -0.2) is 13.6 Å². The summed E-state index contributed by atoms with van der Waals surface area (Å²) in [4.78, 5) is -0.0404. The molecule has 8 nitrogen and oxygen atoms in total. The van der Waals surface area contributed by atoms with Crippen molar-refractivity contribution in [3.05, 3.63) is 29.8 Å². The highest BCUT2D eigenvalue weighted by atomic mass is 32.2. The molecule has 1 aromatic rings. The summed E-state index contributed by atoms with van der Waals surface area (Å²) >= 11 is 0. The summed E-state index contributed by atoms with van der Waals surface area (Å²) in [6, 6.07) is 5.88. The molecular weight excluding hydrogens is 316 g/mol. The average molecular weight is 334 g/mol. The molecular formula is C11H18N4O4S2. The van der Waals surface area contributed by atoms with Crippen LogP contribution in [0.15, 0.2) is 29.2 Å². The second-order valence-corrected chi connectivity index (χ2v) is 7.98. The van der Waals surface area contributed by atoms with Crippen molar-refractivity contribution < 1.29 is 16.8 Å². The van der Waals surface area contributed by atoms with Crippen molar-refractivity contribution in [1.82, 2.24) is 14.3 Å². The summed E-state index contributed by atoms with van der Waals surface area (Å²) in [5.74, 6) is 0. The maximum atomic E-state index is 12.1. The number of benzene rings is 1. The Bertz CT molecular complexity index is 697. The molecule has 1 aliphatic rings. The molecule has 2 rings (SSSR count). The van der Waals surface area contributed by atoms with E-state index in [1.165, 1.54) is 22.5 Å². The molecule has 0 saturated carbocycles. The molecule has 21 heavy (non-hydrogen) atoms. The molecule has 10 heteroatoms. The number of nitrogens with two attached hydrogens (primary N) is 1. The van der Waals surface area contributed by atoms with Gasteiger partial charge < -0.3 is 5.32 Å². The van der Waals surface area contributed by atoms with Crippen molar-refractivity contribution in [3.63, 3.8) is 0 Å².